The molecule has 0 bridgehead atoms. The lowest BCUT2D eigenvalue weighted by Crippen LogP contribution is -2.52. The average molecular weight is 407 g/mol. The van der Waals surface area contributed by atoms with Crippen LogP contribution in [-0.2, 0) is 9.53 Å². The molecule has 0 fully saturated rings. The van der Waals surface area contributed by atoms with Crippen molar-refractivity contribution in [2.24, 2.45) is 0 Å². The van der Waals surface area contributed by atoms with Crippen LogP contribution in [0.5, 0.6) is 0 Å². The van der Waals surface area contributed by atoms with Crippen LogP contribution in [0.25, 0.3) is 0 Å². The maximum Gasteiger partial charge on any atom is 0.243 e. The number of nitrogens with zero attached hydrogens (tertiary/aromatic N) is 1. The smallest absolute Gasteiger partial charge is 0.243 e. The van der Waals surface area contributed by atoms with Crippen LogP contribution in [0.1, 0.15) is 60.8 Å². The fourth-order valence-corrected chi connectivity index (χ4v) is 2.11. The number of hydrogen-bond donors (Lipinski definition) is 2. The van der Waals surface area contributed by atoms with E-state index in [0.29, 0.717) is 18.5 Å². The molecule has 1 atom stereocenters. The summed E-state index contributed by atoms with van der Waals surface area (Å²) < 4.78 is 5.54. The van der Waals surface area contributed by atoms with E-state index in [0.717, 1.165) is 18.5 Å². The maximum atomic E-state index is 11.4. The van der Waals surface area contributed by atoms with Crippen LogP contribution in [0.15, 0.2) is 35.8 Å². The van der Waals surface area contributed by atoms with Gasteiger partial charge in [-0.3, -0.25) is 10.1 Å². The van der Waals surface area contributed by atoms with E-state index in [2.05, 4.69) is 17.2 Å². The number of aliphatic hydroxyl groups is 1. The van der Waals surface area contributed by atoms with E-state index < -0.39 is 22.1 Å². The van der Waals surface area contributed by atoms with Gasteiger partial charge in [-0.05, 0) is 39.3 Å². The number of unbranched alkanes of at least 4 members (excludes halogenated alkanes) is 1. The largest absolute Gasteiger partial charge is 0.481 e. The van der Waals surface area contributed by atoms with E-state index in [1.807, 2.05) is 26.0 Å². The van der Waals surface area contributed by atoms with Crippen molar-refractivity contribution >= 4 is 6.29 Å². The minimum absolute atomic E-state index is 0.148. The molecule has 0 saturated carbocycles. The van der Waals surface area contributed by atoms with Gasteiger partial charge in [0.05, 0.1) is 0 Å². The first kappa shape index (κ1) is 26.4. The third-order valence-corrected chi connectivity index (χ3v) is 4.00. The summed E-state index contributed by atoms with van der Waals surface area (Å²) in [5.74, 6) is 6.04. The molecule has 7 nitrogen and oxygen atoms in total. The molecule has 0 amide bonds. The monoisotopic (exact) mass is 406 g/mol. The number of aldehydes is 1. The maximum absolute atomic E-state index is 11.4. The third kappa shape index (κ3) is 11.1. The Morgan fingerprint density at radius 2 is 2.00 bits per heavy atom. The summed E-state index contributed by atoms with van der Waals surface area (Å²) >= 11 is 0. The minimum Gasteiger partial charge on any atom is -0.481 e. The molecular formula is C22H34N2O5. The molecule has 0 spiro atoms. The normalized spacial score (nSPS) is 14.2. The highest BCUT2D eigenvalue weighted by Crippen LogP contribution is 2.15. The zero-order valence-corrected chi connectivity index (χ0v) is 18.3. The van der Waals surface area contributed by atoms with Crippen molar-refractivity contribution in [2.75, 3.05) is 6.61 Å². The number of rotatable bonds is 12. The fraction of sp³-hybridized carbons (Fsp3) is 0.591. The average Bonchev–Trinajstić information content (AvgIpc) is 2.63. The molecule has 0 aliphatic carbocycles. The van der Waals surface area contributed by atoms with Crippen molar-refractivity contribution < 1.29 is 19.6 Å². The van der Waals surface area contributed by atoms with Crippen LogP contribution in [0.3, 0.4) is 0 Å². The van der Waals surface area contributed by atoms with Crippen molar-refractivity contribution in [3.8, 4) is 11.8 Å². The van der Waals surface area contributed by atoms with Crippen molar-refractivity contribution in [2.45, 2.75) is 78.0 Å². The topological polar surface area (TPSA) is 102 Å². The molecule has 0 aromatic rings. The van der Waals surface area contributed by atoms with Gasteiger partial charge < -0.3 is 20.0 Å². The second-order valence-electron chi connectivity index (χ2n) is 7.63. The highest BCUT2D eigenvalue weighted by Gasteiger charge is 2.41. The lowest BCUT2D eigenvalue weighted by atomic mass is 9.96. The molecule has 0 rings (SSSR count). The molecule has 2 N–H and O–H groups in total. The second-order valence-corrected chi connectivity index (χ2v) is 7.63. The summed E-state index contributed by atoms with van der Waals surface area (Å²) in [6.45, 7) is 10.1. The first-order valence-corrected chi connectivity index (χ1v) is 9.71. The van der Waals surface area contributed by atoms with Crippen LogP contribution >= 0.6 is 0 Å². The lowest BCUT2D eigenvalue weighted by Gasteiger charge is -2.25. The third-order valence-electron chi connectivity index (χ3n) is 4.00. The zero-order chi connectivity index (χ0) is 22.5. The summed E-state index contributed by atoms with van der Waals surface area (Å²) in [5.41, 5.74) is -1.74. The Morgan fingerprint density at radius 1 is 1.34 bits per heavy atom. The predicted octanol–water partition coefficient (Wildman–Crippen LogP) is 3.52. The van der Waals surface area contributed by atoms with Crippen LogP contribution in [-0.4, -0.2) is 40.1 Å². The molecule has 0 saturated heterocycles. The lowest BCUT2D eigenvalue weighted by molar-refractivity contribution is -0.562. The number of hydrogen-bond acceptors (Lipinski definition) is 6. The van der Waals surface area contributed by atoms with Crippen molar-refractivity contribution in [3.05, 3.63) is 45.9 Å². The van der Waals surface area contributed by atoms with Crippen molar-refractivity contribution in [1.29, 1.82) is 0 Å². The minimum atomic E-state index is -1.42. The van der Waals surface area contributed by atoms with Gasteiger partial charge in [-0.1, -0.05) is 37.3 Å². The van der Waals surface area contributed by atoms with Crippen LogP contribution in [0.2, 0.25) is 0 Å². The van der Waals surface area contributed by atoms with Gasteiger partial charge in [0.1, 0.15) is 24.3 Å². The van der Waals surface area contributed by atoms with Crippen LogP contribution in [0.4, 0.5) is 0 Å². The van der Waals surface area contributed by atoms with Gasteiger partial charge >= 0.3 is 0 Å². The molecule has 0 radical (unpaired) electrons. The molecule has 0 aromatic carbocycles. The van der Waals surface area contributed by atoms with Gasteiger partial charge in [0, 0.05) is 30.9 Å². The molecule has 29 heavy (non-hydrogen) atoms. The van der Waals surface area contributed by atoms with E-state index in [1.165, 1.54) is 13.8 Å². The molecular weight excluding hydrogens is 372 g/mol. The van der Waals surface area contributed by atoms with E-state index in [-0.39, 0.29) is 6.61 Å². The SMILES string of the molecule is C/C=C(\C=C/CC(=CCCC)NC(C=O)C(C)(C)[N+](=O)[O-])OCC#CC(C)(C)O. The second kappa shape index (κ2) is 12.8. The van der Waals surface area contributed by atoms with Crippen molar-refractivity contribution in [1.82, 2.24) is 5.32 Å². The van der Waals surface area contributed by atoms with Gasteiger partial charge in [-0.25, -0.2) is 0 Å². The summed E-state index contributed by atoms with van der Waals surface area (Å²) in [6.07, 6.45) is 10.1. The highest BCUT2D eigenvalue weighted by molar-refractivity contribution is 5.60. The summed E-state index contributed by atoms with van der Waals surface area (Å²) in [5, 5.41) is 23.8. The van der Waals surface area contributed by atoms with Gasteiger partial charge in [0.15, 0.2) is 6.04 Å². The number of nitrogens with one attached hydrogen (secondary N) is 1. The predicted molar refractivity (Wildman–Crippen MR) is 115 cm³/mol. The van der Waals surface area contributed by atoms with E-state index in [4.69, 9.17) is 4.74 Å². The molecule has 0 aliphatic rings. The summed E-state index contributed by atoms with van der Waals surface area (Å²) in [4.78, 5) is 22.3. The van der Waals surface area contributed by atoms with Gasteiger partial charge in [0.25, 0.3) is 0 Å². The Balaban J connectivity index is 5.08. The van der Waals surface area contributed by atoms with Crippen molar-refractivity contribution in [3.63, 3.8) is 0 Å². The van der Waals surface area contributed by atoms with Gasteiger partial charge in [-0.2, -0.15) is 0 Å². The molecule has 7 heteroatoms. The Morgan fingerprint density at radius 3 is 2.48 bits per heavy atom. The van der Waals surface area contributed by atoms with Gasteiger partial charge in [-0.15, -0.1) is 0 Å². The standard InChI is InChI=1S/C22H34N2O5/c1-7-9-12-18(23-20(17-25)22(5,6)24(27)28)13-10-14-19(8-2)29-16-11-15-21(3,4)26/h8,10,12,14,17,20,23,26H,7,9,13,16H2,1-6H3/b14-10-,18-12?,19-8+. The first-order valence-electron chi connectivity index (χ1n) is 9.71. The van der Waals surface area contributed by atoms with Crippen LogP contribution in [0, 0.1) is 22.0 Å². The molecule has 162 valence electrons. The van der Waals surface area contributed by atoms with Crippen LogP contribution < -0.4 is 5.32 Å². The highest BCUT2D eigenvalue weighted by atomic mass is 16.6. The zero-order valence-electron chi connectivity index (χ0n) is 18.3. The Hall–Kier alpha value is -2.59. The molecule has 1 unspecified atom stereocenters. The Kier molecular flexibility index (Phi) is 11.6. The van der Waals surface area contributed by atoms with E-state index in [1.54, 1.807) is 26.0 Å². The quantitative estimate of drug-likeness (QED) is 0.128. The molecule has 0 aliphatic heterocycles. The number of ether oxygens (including phenoxy) is 1. The Bertz CT molecular complexity index is 688. The molecule has 0 aromatic heterocycles. The fourth-order valence-electron chi connectivity index (χ4n) is 2.11. The van der Waals surface area contributed by atoms with E-state index >= 15 is 0 Å². The van der Waals surface area contributed by atoms with Gasteiger partial charge in [0.2, 0.25) is 5.54 Å². The first-order chi connectivity index (χ1) is 13.5. The summed E-state index contributed by atoms with van der Waals surface area (Å²) in [6, 6.07) is -0.941. The molecule has 0 heterocycles. The number of carbonyl (C=O) groups is 1. The number of carbonyl (C=O) groups excluding carboxylic acids is 1. The number of allylic oxidation sites excluding steroid dienone is 4. The summed E-state index contributed by atoms with van der Waals surface area (Å²) in [7, 11) is 0. The Labute approximate surface area is 174 Å². The number of nitro groups is 1. The van der Waals surface area contributed by atoms with E-state index in [9.17, 15) is 20.0 Å².